The fourth-order valence-corrected chi connectivity index (χ4v) is 3.96. The summed E-state index contributed by atoms with van der Waals surface area (Å²) >= 11 is 0. The average Bonchev–Trinajstić information content (AvgIpc) is 2.80. The summed E-state index contributed by atoms with van der Waals surface area (Å²) in [6.07, 6.45) is -8.63. The van der Waals surface area contributed by atoms with E-state index in [2.05, 4.69) is 0 Å². The van der Waals surface area contributed by atoms with Crippen molar-refractivity contribution in [1.82, 2.24) is 0 Å². The van der Waals surface area contributed by atoms with Crippen LogP contribution >= 0.6 is 0 Å². The first kappa shape index (κ1) is 31.5. The van der Waals surface area contributed by atoms with Crippen molar-refractivity contribution in [3.63, 3.8) is 0 Å². The molecule has 1 heterocycles. The third-order valence-corrected chi connectivity index (χ3v) is 6.57. The smallest absolute Gasteiger partial charge is 0.423 e. The lowest BCUT2D eigenvalue weighted by atomic mass is 9.91. The topological polar surface area (TPSA) is 65.7 Å². The molecule has 0 saturated carbocycles. The van der Waals surface area contributed by atoms with Gasteiger partial charge in [-0.05, 0) is 70.1 Å². The van der Waals surface area contributed by atoms with Crippen LogP contribution in [0.4, 0.5) is 26.3 Å². The van der Waals surface area contributed by atoms with Gasteiger partial charge in [-0.15, -0.1) is 0 Å². The van der Waals surface area contributed by atoms with Crippen LogP contribution in [0.5, 0.6) is 5.75 Å². The van der Waals surface area contributed by atoms with Crippen LogP contribution in [0.1, 0.15) is 77.3 Å². The van der Waals surface area contributed by atoms with Crippen LogP contribution in [0.3, 0.4) is 0 Å². The molecule has 0 radical (unpaired) electrons. The lowest BCUT2D eigenvalue weighted by molar-refractivity contribution is -0.179. The van der Waals surface area contributed by atoms with E-state index >= 15 is 0 Å². The predicted molar refractivity (Wildman–Crippen MR) is 130 cm³/mol. The molecule has 2 rings (SSSR count). The maximum absolute atomic E-state index is 13.5. The fourth-order valence-electron chi connectivity index (χ4n) is 3.96. The summed E-state index contributed by atoms with van der Waals surface area (Å²) in [6.45, 7) is 6.76. The first-order valence-corrected chi connectivity index (χ1v) is 12.7. The maximum Gasteiger partial charge on any atom is 0.423 e. The molecule has 5 nitrogen and oxygen atoms in total. The van der Waals surface area contributed by atoms with Crippen LogP contribution in [0.25, 0.3) is 11.0 Å². The highest BCUT2D eigenvalue weighted by Gasteiger charge is 2.39. The number of rotatable bonds is 13. The van der Waals surface area contributed by atoms with Gasteiger partial charge in [0.2, 0.25) is 0 Å². The van der Waals surface area contributed by atoms with Crippen molar-refractivity contribution in [3.8, 4) is 5.75 Å². The number of halogens is 6. The number of ether oxygens (including phenoxy) is 2. The van der Waals surface area contributed by atoms with Crippen LogP contribution in [-0.2, 0) is 22.1 Å². The first-order chi connectivity index (χ1) is 17.6. The first-order valence-electron chi connectivity index (χ1n) is 12.7. The fraction of sp³-hybridized carbons (Fsp3) is 0.630. The third-order valence-electron chi connectivity index (χ3n) is 6.57. The van der Waals surface area contributed by atoms with Gasteiger partial charge in [-0.25, -0.2) is 4.79 Å². The molecule has 1 atom stereocenters. The SMILES string of the molecule is CCCc1c(C(F)(F)F)c(=O)oc2cc(OCCCC(CCCOC(=O)C(C)(C)CC)C(F)(F)F)ccc12. The molecule has 0 bridgehead atoms. The highest BCUT2D eigenvalue weighted by molar-refractivity contribution is 5.82. The molecule has 11 heteroatoms. The van der Waals surface area contributed by atoms with Gasteiger partial charge in [-0.2, -0.15) is 26.3 Å². The van der Waals surface area contributed by atoms with Gasteiger partial charge in [0.05, 0.1) is 24.5 Å². The largest absolute Gasteiger partial charge is 0.493 e. The summed E-state index contributed by atoms with van der Waals surface area (Å²) < 4.78 is 96.1. The molecule has 214 valence electrons. The second-order valence-corrected chi connectivity index (χ2v) is 9.89. The Hall–Kier alpha value is -2.72. The quantitative estimate of drug-likeness (QED) is 0.110. The van der Waals surface area contributed by atoms with E-state index in [1.54, 1.807) is 20.8 Å². The van der Waals surface area contributed by atoms with Gasteiger partial charge in [-0.3, -0.25) is 4.79 Å². The van der Waals surface area contributed by atoms with Crippen LogP contribution < -0.4 is 10.4 Å². The van der Waals surface area contributed by atoms with E-state index in [4.69, 9.17) is 13.9 Å². The molecule has 0 N–H and O–H groups in total. The summed E-state index contributed by atoms with van der Waals surface area (Å²) in [4.78, 5) is 24.0. The molecule has 0 aliphatic carbocycles. The zero-order chi connectivity index (χ0) is 28.7. The molecule has 2 aromatic rings. The maximum atomic E-state index is 13.5. The number of hydrogen-bond acceptors (Lipinski definition) is 5. The molecule has 0 aliphatic rings. The second kappa shape index (κ2) is 12.9. The zero-order valence-electron chi connectivity index (χ0n) is 22.0. The average molecular weight is 553 g/mol. The van der Waals surface area contributed by atoms with E-state index in [0.29, 0.717) is 12.8 Å². The van der Waals surface area contributed by atoms with Gasteiger partial charge in [0, 0.05) is 11.5 Å². The van der Waals surface area contributed by atoms with Gasteiger partial charge in [0.1, 0.15) is 16.9 Å². The molecule has 0 fully saturated rings. The van der Waals surface area contributed by atoms with Crippen LogP contribution in [-0.4, -0.2) is 25.4 Å². The number of carbonyl (C=O) groups excluding carboxylic acids is 1. The number of hydrogen-bond donors (Lipinski definition) is 0. The lowest BCUT2D eigenvalue weighted by Gasteiger charge is -2.22. The minimum atomic E-state index is -4.86. The van der Waals surface area contributed by atoms with Crippen molar-refractivity contribution in [2.24, 2.45) is 11.3 Å². The van der Waals surface area contributed by atoms with E-state index in [1.165, 1.54) is 18.2 Å². The number of benzene rings is 1. The van der Waals surface area contributed by atoms with Crippen LogP contribution in [0.2, 0.25) is 0 Å². The Morgan fingerprint density at radius 1 is 1.00 bits per heavy atom. The Bertz CT molecular complexity index is 1130. The summed E-state index contributed by atoms with van der Waals surface area (Å²) in [5.41, 5.74) is -3.76. The molecule has 0 spiro atoms. The van der Waals surface area contributed by atoms with Crippen molar-refractivity contribution in [2.45, 2.75) is 85.0 Å². The summed E-state index contributed by atoms with van der Waals surface area (Å²) in [5.74, 6) is -1.88. The predicted octanol–water partition coefficient (Wildman–Crippen LogP) is 7.86. The normalized spacial score (nSPS) is 13.5. The minimum Gasteiger partial charge on any atom is -0.493 e. The number of fused-ring (bicyclic) bond motifs is 1. The molecular weight excluding hydrogens is 518 g/mol. The molecule has 1 unspecified atom stereocenters. The Morgan fingerprint density at radius 3 is 2.18 bits per heavy atom. The van der Waals surface area contributed by atoms with Crippen molar-refractivity contribution >= 4 is 16.9 Å². The molecule has 38 heavy (non-hydrogen) atoms. The summed E-state index contributed by atoms with van der Waals surface area (Å²) in [6, 6.07) is 4.02. The standard InChI is InChI=1S/C27H34F6O5/c1-5-9-20-19-13-12-18(16-21(19)38-23(34)22(20)27(31,32)33)36-14-7-10-17(26(28,29)30)11-8-15-37-24(35)25(3,4)6-2/h12-13,16-17H,5-11,14-15H2,1-4H3. The van der Waals surface area contributed by atoms with E-state index in [9.17, 15) is 35.9 Å². The van der Waals surface area contributed by atoms with Crippen molar-refractivity contribution in [1.29, 1.82) is 0 Å². The monoisotopic (exact) mass is 552 g/mol. The molecule has 1 aromatic carbocycles. The number of alkyl halides is 6. The van der Waals surface area contributed by atoms with E-state index < -0.39 is 40.8 Å². The third kappa shape index (κ3) is 8.39. The highest BCUT2D eigenvalue weighted by Crippen LogP contribution is 2.36. The van der Waals surface area contributed by atoms with Gasteiger partial charge >= 0.3 is 23.9 Å². The van der Waals surface area contributed by atoms with Gasteiger partial charge in [0.15, 0.2) is 0 Å². The lowest BCUT2D eigenvalue weighted by Crippen LogP contribution is -2.27. The van der Waals surface area contributed by atoms with Gasteiger partial charge in [0.25, 0.3) is 0 Å². The van der Waals surface area contributed by atoms with Crippen molar-refractivity contribution in [2.75, 3.05) is 13.2 Å². The number of carbonyl (C=O) groups is 1. The van der Waals surface area contributed by atoms with Crippen LogP contribution in [0, 0.1) is 11.3 Å². The summed E-state index contributed by atoms with van der Waals surface area (Å²) in [7, 11) is 0. The highest BCUT2D eigenvalue weighted by atomic mass is 19.4. The Kier molecular flexibility index (Phi) is 10.7. The Morgan fingerprint density at radius 2 is 1.63 bits per heavy atom. The molecular formula is C27H34F6O5. The van der Waals surface area contributed by atoms with E-state index in [0.717, 1.165) is 0 Å². The molecule has 0 amide bonds. The molecule has 1 aromatic heterocycles. The Balaban J connectivity index is 1.99. The zero-order valence-corrected chi connectivity index (χ0v) is 22.0. The Labute approximate surface area is 217 Å². The number of esters is 1. The summed E-state index contributed by atoms with van der Waals surface area (Å²) in [5, 5.41) is 0.131. The van der Waals surface area contributed by atoms with Crippen molar-refractivity contribution in [3.05, 3.63) is 39.7 Å². The molecule has 0 saturated heterocycles. The molecule has 0 aliphatic heterocycles. The number of aryl methyl sites for hydroxylation is 1. The van der Waals surface area contributed by atoms with Crippen molar-refractivity contribution < 1.29 is 45.0 Å². The van der Waals surface area contributed by atoms with Crippen LogP contribution in [0.15, 0.2) is 27.4 Å². The van der Waals surface area contributed by atoms with E-state index in [1.807, 2.05) is 6.92 Å². The second-order valence-electron chi connectivity index (χ2n) is 9.89. The van der Waals surface area contributed by atoms with Gasteiger partial charge < -0.3 is 13.9 Å². The van der Waals surface area contributed by atoms with E-state index in [-0.39, 0.29) is 67.6 Å². The van der Waals surface area contributed by atoms with Gasteiger partial charge in [-0.1, -0.05) is 20.3 Å². The minimum absolute atomic E-state index is 0.0194.